The van der Waals surface area contributed by atoms with E-state index in [1.165, 1.54) is 19.1 Å². The normalized spacial score (nSPS) is 12.9. The molecule has 0 spiro atoms. The number of halogens is 2. The monoisotopic (exact) mass is 551 g/mol. The van der Waals surface area contributed by atoms with Crippen molar-refractivity contribution in [1.29, 1.82) is 0 Å². The molecular weight excluding hydrogens is 534 g/mol. The summed E-state index contributed by atoms with van der Waals surface area (Å²) >= 11 is 6.91. The van der Waals surface area contributed by atoms with E-state index in [1.807, 2.05) is 0 Å². The maximum absolute atomic E-state index is 11.3. The van der Waals surface area contributed by atoms with E-state index >= 15 is 0 Å². The number of nitrogens with two attached hydrogens (primary N) is 1. The number of carbonyl (C=O) groups is 1. The molecule has 3 aromatic rings. The van der Waals surface area contributed by atoms with Crippen LogP contribution in [0.3, 0.4) is 0 Å². The first-order valence-electron chi connectivity index (χ1n) is 9.10. The van der Waals surface area contributed by atoms with Gasteiger partial charge in [0, 0.05) is 24.5 Å². The number of rotatable bonds is 7. The van der Waals surface area contributed by atoms with Gasteiger partial charge in [0.05, 0.1) is 14.6 Å². The fourth-order valence-corrected chi connectivity index (χ4v) is 4.31. The Balaban J connectivity index is 1.84. The summed E-state index contributed by atoms with van der Waals surface area (Å²) < 4.78 is 7.21. The number of nitrogens with zero attached hydrogens (tertiary/aromatic N) is 1. The number of carboxylic acid groups (broad SMARTS) is 1. The second kappa shape index (κ2) is 9.21. The third-order valence-corrected chi connectivity index (χ3v) is 5.68. The van der Waals surface area contributed by atoms with Crippen molar-refractivity contribution < 1.29 is 19.7 Å². The van der Waals surface area contributed by atoms with Gasteiger partial charge in [-0.15, -0.1) is 0 Å². The minimum Gasteiger partial charge on any atom is -0.508 e. The lowest BCUT2D eigenvalue weighted by Crippen LogP contribution is -2.46. The molecule has 0 unspecified atom stereocenters. The first-order chi connectivity index (χ1) is 14.5. The number of H-pyrrole nitrogens is 1. The number of aromatic amines is 1. The van der Waals surface area contributed by atoms with Gasteiger partial charge in [0.25, 0.3) is 5.56 Å². The number of aromatic nitrogens is 2. The van der Waals surface area contributed by atoms with E-state index in [9.17, 15) is 19.8 Å². The van der Waals surface area contributed by atoms with Gasteiger partial charge >= 0.3 is 5.97 Å². The van der Waals surface area contributed by atoms with Crippen LogP contribution in [-0.4, -0.2) is 31.9 Å². The summed E-state index contributed by atoms with van der Waals surface area (Å²) in [6, 6.07) is 11.3. The zero-order chi connectivity index (χ0) is 22.8. The Labute approximate surface area is 194 Å². The van der Waals surface area contributed by atoms with Crippen LogP contribution in [-0.2, 0) is 17.6 Å². The number of hydrogen-bond donors (Lipinski definition) is 4. The Kier molecular flexibility index (Phi) is 6.83. The number of nitrogens with one attached hydrogen (secondary N) is 1. The molecule has 0 bridgehead atoms. The summed E-state index contributed by atoms with van der Waals surface area (Å²) in [6.45, 7) is 1.46. The molecule has 10 heteroatoms. The number of ether oxygens (including phenoxy) is 1. The third-order valence-electron chi connectivity index (χ3n) is 4.50. The average molecular weight is 553 g/mol. The summed E-state index contributed by atoms with van der Waals surface area (Å²) in [5.41, 5.74) is 6.01. The molecule has 0 radical (unpaired) electrons. The Morgan fingerprint density at radius 1 is 1.19 bits per heavy atom. The number of hydrogen-bond acceptors (Lipinski definition) is 6. The van der Waals surface area contributed by atoms with Crippen LogP contribution < -0.4 is 16.0 Å². The highest BCUT2D eigenvalue weighted by atomic mass is 79.9. The molecule has 0 amide bonds. The predicted octanol–water partition coefficient (Wildman–Crippen LogP) is 3.73. The van der Waals surface area contributed by atoms with Gasteiger partial charge in [0.2, 0.25) is 0 Å². The molecular formula is C21H19Br2N3O5. The largest absolute Gasteiger partial charge is 0.508 e. The van der Waals surface area contributed by atoms with Gasteiger partial charge in [-0.3, -0.25) is 9.59 Å². The Bertz CT molecular complexity index is 1150. The van der Waals surface area contributed by atoms with E-state index in [1.54, 1.807) is 30.3 Å². The second-order valence-corrected chi connectivity index (χ2v) is 8.98. The highest BCUT2D eigenvalue weighted by Crippen LogP contribution is 2.39. The third kappa shape index (κ3) is 5.72. The number of aliphatic carboxylic acids is 1. The Morgan fingerprint density at radius 3 is 2.45 bits per heavy atom. The summed E-state index contributed by atoms with van der Waals surface area (Å²) in [5, 5.41) is 25.7. The maximum atomic E-state index is 11.3. The van der Waals surface area contributed by atoms with Crippen LogP contribution in [0, 0.1) is 0 Å². The van der Waals surface area contributed by atoms with Crippen molar-refractivity contribution in [2.45, 2.75) is 25.3 Å². The van der Waals surface area contributed by atoms with Crippen LogP contribution in [0.1, 0.15) is 23.7 Å². The van der Waals surface area contributed by atoms with E-state index in [-0.39, 0.29) is 17.7 Å². The highest BCUT2D eigenvalue weighted by molar-refractivity contribution is 9.11. The van der Waals surface area contributed by atoms with Crippen molar-refractivity contribution in [3.63, 3.8) is 0 Å². The lowest BCUT2D eigenvalue weighted by Gasteiger charge is -2.20. The second-order valence-electron chi connectivity index (χ2n) is 7.27. The van der Waals surface area contributed by atoms with Gasteiger partial charge in [-0.1, -0.05) is 0 Å². The van der Waals surface area contributed by atoms with Crippen LogP contribution in [0.25, 0.3) is 0 Å². The number of phenols is 1. The average Bonchev–Trinajstić information content (AvgIpc) is 2.68. The smallest absolute Gasteiger partial charge is 0.323 e. The molecule has 1 atom stereocenters. The van der Waals surface area contributed by atoms with Crippen molar-refractivity contribution in [2.24, 2.45) is 5.73 Å². The molecule has 3 rings (SSSR count). The van der Waals surface area contributed by atoms with Crippen molar-refractivity contribution in [3.05, 3.63) is 78.6 Å². The Hall–Kier alpha value is -2.69. The van der Waals surface area contributed by atoms with Crippen LogP contribution >= 0.6 is 31.9 Å². The van der Waals surface area contributed by atoms with Crippen LogP contribution in [0.5, 0.6) is 17.2 Å². The van der Waals surface area contributed by atoms with Crippen molar-refractivity contribution in [1.82, 2.24) is 10.2 Å². The van der Waals surface area contributed by atoms with Gasteiger partial charge in [0.15, 0.2) is 5.75 Å². The molecule has 2 aromatic carbocycles. The molecule has 0 fully saturated rings. The molecule has 0 saturated heterocycles. The topological polar surface area (TPSA) is 139 Å². The van der Waals surface area contributed by atoms with E-state index in [4.69, 9.17) is 10.5 Å². The standard InChI is InChI=1S/C21H19Br2N3O5/c1-21(24,20(29)30)10-11-6-15(22)19(16(23)7-11)31-14-3-4-17(27)12(9-14)8-13-2-5-18(28)26-25-13/h2-7,9,27H,8,10,24H2,1H3,(H,26,28)(H,29,30)/t21-/m0/s1. The molecule has 1 heterocycles. The summed E-state index contributed by atoms with van der Waals surface area (Å²) in [7, 11) is 0. The molecule has 0 aliphatic carbocycles. The molecule has 5 N–H and O–H groups in total. The lowest BCUT2D eigenvalue weighted by molar-refractivity contribution is -0.142. The number of benzene rings is 2. The van der Waals surface area contributed by atoms with E-state index < -0.39 is 11.5 Å². The van der Waals surface area contributed by atoms with E-state index in [2.05, 4.69) is 42.1 Å². The van der Waals surface area contributed by atoms with Crippen molar-refractivity contribution in [2.75, 3.05) is 0 Å². The zero-order valence-electron chi connectivity index (χ0n) is 16.4. The quantitative estimate of drug-likeness (QED) is 0.350. The maximum Gasteiger partial charge on any atom is 0.323 e. The van der Waals surface area contributed by atoms with Gasteiger partial charge < -0.3 is 20.7 Å². The molecule has 0 aliphatic rings. The van der Waals surface area contributed by atoms with Gasteiger partial charge in [-0.2, -0.15) is 5.10 Å². The molecule has 0 saturated carbocycles. The van der Waals surface area contributed by atoms with Crippen molar-refractivity contribution >= 4 is 37.8 Å². The lowest BCUT2D eigenvalue weighted by atomic mass is 9.94. The van der Waals surface area contributed by atoms with Crippen LogP contribution in [0.15, 0.2) is 56.2 Å². The molecule has 0 aliphatic heterocycles. The molecule has 8 nitrogen and oxygen atoms in total. The SMILES string of the molecule is C[C@](N)(Cc1cc(Br)c(Oc2ccc(O)c(Cc3ccc(=O)[nH]n3)c2)c(Br)c1)C(=O)O. The fourth-order valence-electron chi connectivity index (χ4n) is 2.86. The fraction of sp³-hybridized carbons (Fsp3) is 0.190. The van der Waals surface area contributed by atoms with Gasteiger partial charge in [-0.05, 0) is 80.7 Å². The minimum absolute atomic E-state index is 0.0738. The minimum atomic E-state index is -1.40. The highest BCUT2D eigenvalue weighted by Gasteiger charge is 2.28. The van der Waals surface area contributed by atoms with E-state index in [0.29, 0.717) is 43.7 Å². The van der Waals surface area contributed by atoms with Crippen molar-refractivity contribution in [3.8, 4) is 17.2 Å². The van der Waals surface area contributed by atoms with E-state index in [0.717, 1.165) is 0 Å². The first-order valence-corrected chi connectivity index (χ1v) is 10.7. The molecule has 1 aromatic heterocycles. The van der Waals surface area contributed by atoms with Crippen LogP contribution in [0.4, 0.5) is 0 Å². The summed E-state index contributed by atoms with van der Waals surface area (Å²) in [5.74, 6) is -0.0596. The number of aromatic hydroxyl groups is 1. The predicted molar refractivity (Wildman–Crippen MR) is 122 cm³/mol. The van der Waals surface area contributed by atoms with Gasteiger partial charge in [-0.25, -0.2) is 5.10 Å². The summed E-state index contributed by atoms with van der Waals surface area (Å²) in [6.07, 6.45) is 0.431. The number of carboxylic acids is 1. The molecule has 162 valence electrons. The first kappa shape index (κ1) is 23.0. The van der Waals surface area contributed by atoms with Gasteiger partial charge in [0.1, 0.15) is 17.0 Å². The number of phenolic OH excluding ortho intramolecular Hbond substituents is 1. The molecule has 31 heavy (non-hydrogen) atoms. The Morgan fingerprint density at radius 2 is 1.87 bits per heavy atom. The summed E-state index contributed by atoms with van der Waals surface area (Å²) in [4.78, 5) is 22.5. The zero-order valence-corrected chi connectivity index (χ0v) is 19.5. The van der Waals surface area contributed by atoms with Crippen LogP contribution in [0.2, 0.25) is 0 Å².